The SMILES string of the molecule is CC(C)[C@H]1c2ncc(C(=O)NCc3ccccc3)cc2CN1Cc1ccc(C(F)(F)F)cc1. The van der Waals surface area contributed by atoms with Crippen LogP contribution in [0.15, 0.2) is 66.9 Å². The summed E-state index contributed by atoms with van der Waals surface area (Å²) < 4.78 is 38.6. The summed E-state index contributed by atoms with van der Waals surface area (Å²) in [4.78, 5) is 19.5. The van der Waals surface area contributed by atoms with Crippen molar-refractivity contribution in [2.75, 3.05) is 0 Å². The molecule has 0 saturated carbocycles. The summed E-state index contributed by atoms with van der Waals surface area (Å²) in [6.07, 6.45) is -2.74. The van der Waals surface area contributed by atoms with E-state index in [1.54, 1.807) is 6.20 Å². The average Bonchev–Trinajstić information content (AvgIpc) is 3.15. The molecule has 1 N–H and O–H groups in total. The van der Waals surface area contributed by atoms with E-state index in [9.17, 15) is 18.0 Å². The molecule has 0 aliphatic carbocycles. The molecule has 1 aliphatic rings. The highest BCUT2D eigenvalue weighted by Gasteiger charge is 2.35. The van der Waals surface area contributed by atoms with Crippen LogP contribution in [0.4, 0.5) is 13.2 Å². The number of pyridine rings is 1. The quantitative estimate of drug-likeness (QED) is 0.517. The normalized spacial score (nSPS) is 16.1. The van der Waals surface area contributed by atoms with E-state index in [4.69, 9.17) is 0 Å². The Balaban J connectivity index is 1.48. The number of aromatic nitrogens is 1. The number of halogens is 3. The maximum Gasteiger partial charge on any atom is 0.416 e. The molecule has 33 heavy (non-hydrogen) atoms. The Bertz CT molecular complexity index is 1110. The number of carbonyl (C=O) groups excluding carboxylic acids is 1. The van der Waals surface area contributed by atoms with Crippen molar-refractivity contribution in [3.63, 3.8) is 0 Å². The number of hydrogen-bond donors (Lipinski definition) is 1. The van der Waals surface area contributed by atoms with Crippen LogP contribution in [0.3, 0.4) is 0 Å². The zero-order valence-corrected chi connectivity index (χ0v) is 18.6. The fourth-order valence-corrected chi connectivity index (χ4v) is 4.33. The highest BCUT2D eigenvalue weighted by molar-refractivity contribution is 5.94. The average molecular weight is 454 g/mol. The standard InChI is InChI=1S/C26H26F3N3O/c1-17(2)24-23-21(16-32(24)15-19-8-10-22(11-9-19)26(27,28)29)12-20(14-30-23)25(33)31-13-18-6-4-3-5-7-18/h3-12,14,17,24H,13,15-16H2,1-2H3,(H,31,33)/t24-/m0/s1. The molecule has 0 fully saturated rings. The third kappa shape index (κ3) is 5.25. The first-order chi connectivity index (χ1) is 15.7. The van der Waals surface area contributed by atoms with Crippen LogP contribution in [0.5, 0.6) is 0 Å². The number of hydrogen-bond acceptors (Lipinski definition) is 3. The van der Waals surface area contributed by atoms with Gasteiger partial charge in [0.05, 0.1) is 22.9 Å². The number of nitrogens with one attached hydrogen (secondary N) is 1. The molecule has 0 radical (unpaired) electrons. The van der Waals surface area contributed by atoms with Gasteiger partial charge >= 0.3 is 6.18 Å². The molecule has 0 unspecified atom stereocenters. The maximum atomic E-state index is 12.9. The van der Waals surface area contributed by atoms with Gasteiger partial charge in [0, 0.05) is 25.8 Å². The number of fused-ring (bicyclic) bond motifs is 1. The highest BCUT2D eigenvalue weighted by Crippen LogP contribution is 2.39. The zero-order valence-electron chi connectivity index (χ0n) is 18.6. The molecule has 4 nitrogen and oxygen atoms in total. The molecule has 0 spiro atoms. The Hall–Kier alpha value is -3.19. The van der Waals surface area contributed by atoms with Gasteiger partial charge in [-0.15, -0.1) is 0 Å². The molecule has 0 bridgehead atoms. The molecule has 7 heteroatoms. The Morgan fingerprint density at radius 2 is 1.79 bits per heavy atom. The second-order valence-electron chi connectivity index (χ2n) is 8.73. The van der Waals surface area contributed by atoms with Crippen molar-refractivity contribution in [1.29, 1.82) is 0 Å². The van der Waals surface area contributed by atoms with E-state index in [0.29, 0.717) is 25.2 Å². The first kappa shape index (κ1) is 23.0. The van der Waals surface area contributed by atoms with Crippen LogP contribution in [0, 0.1) is 5.92 Å². The molecule has 2 aromatic carbocycles. The van der Waals surface area contributed by atoms with Gasteiger partial charge in [0.15, 0.2) is 0 Å². The molecule has 1 aromatic heterocycles. The molecular formula is C26H26F3N3O. The van der Waals surface area contributed by atoms with Gasteiger partial charge in [-0.1, -0.05) is 56.3 Å². The third-order valence-corrected chi connectivity index (χ3v) is 5.90. The second-order valence-corrected chi connectivity index (χ2v) is 8.73. The lowest BCUT2D eigenvalue weighted by Crippen LogP contribution is -2.25. The largest absolute Gasteiger partial charge is 0.416 e. The fraction of sp³-hybridized carbons (Fsp3) is 0.308. The van der Waals surface area contributed by atoms with E-state index in [1.807, 2.05) is 36.4 Å². The lowest BCUT2D eigenvalue weighted by Gasteiger charge is -2.27. The smallest absolute Gasteiger partial charge is 0.348 e. The Morgan fingerprint density at radius 1 is 1.09 bits per heavy atom. The van der Waals surface area contributed by atoms with Crippen LogP contribution in [-0.4, -0.2) is 15.8 Å². The van der Waals surface area contributed by atoms with Crippen LogP contribution in [0.1, 0.15) is 58.2 Å². The number of carbonyl (C=O) groups is 1. The molecule has 172 valence electrons. The monoisotopic (exact) mass is 453 g/mol. The Kier molecular flexibility index (Phi) is 6.51. The van der Waals surface area contributed by atoms with Gasteiger partial charge < -0.3 is 5.32 Å². The van der Waals surface area contributed by atoms with Gasteiger partial charge in [-0.25, -0.2) is 0 Å². The van der Waals surface area contributed by atoms with Gasteiger partial charge in [-0.05, 0) is 40.8 Å². The minimum Gasteiger partial charge on any atom is -0.348 e. The summed E-state index contributed by atoms with van der Waals surface area (Å²) in [6.45, 7) is 5.73. The summed E-state index contributed by atoms with van der Waals surface area (Å²) in [5.74, 6) is 0.0717. The van der Waals surface area contributed by atoms with Crippen molar-refractivity contribution < 1.29 is 18.0 Å². The first-order valence-corrected chi connectivity index (χ1v) is 10.9. The number of nitrogens with zero attached hydrogens (tertiary/aromatic N) is 2. The summed E-state index contributed by atoms with van der Waals surface area (Å²) >= 11 is 0. The summed E-state index contributed by atoms with van der Waals surface area (Å²) in [6, 6.07) is 16.9. The number of amides is 1. The third-order valence-electron chi connectivity index (χ3n) is 5.90. The molecule has 3 aromatic rings. The van der Waals surface area contributed by atoms with Crippen molar-refractivity contribution >= 4 is 5.91 Å². The molecule has 1 aliphatic heterocycles. The van der Waals surface area contributed by atoms with Crippen LogP contribution in [0.25, 0.3) is 0 Å². The Morgan fingerprint density at radius 3 is 2.42 bits per heavy atom. The van der Waals surface area contributed by atoms with Gasteiger partial charge in [-0.2, -0.15) is 13.2 Å². The van der Waals surface area contributed by atoms with Crippen molar-refractivity contribution in [3.05, 3.63) is 100 Å². The maximum absolute atomic E-state index is 12.9. The summed E-state index contributed by atoms with van der Waals surface area (Å²) in [7, 11) is 0. The summed E-state index contributed by atoms with van der Waals surface area (Å²) in [5.41, 5.74) is 3.59. The highest BCUT2D eigenvalue weighted by atomic mass is 19.4. The van der Waals surface area contributed by atoms with Crippen molar-refractivity contribution in [3.8, 4) is 0 Å². The lowest BCUT2D eigenvalue weighted by molar-refractivity contribution is -0.137. The van der Waals surface area contributed by atoms with Crippen LogP contribution in [-0.2, 0) is 25.8 Å². The number of alkyl halides is 3. The molecule has 1 amide bonds. The van der Waals surface area contributed by atoms with E-state index in [2.05, 4.69) is 29.0 Å². The second kappa shape index (κ2) is 9.35. The number of benzene rings is 2. The molecule has 1 atom stereocenters. The Labute approximate surface area is 191 Å². The number of rotatable bonds is 6. The van der Waals surface area contributed by atoms with Crippen LogP contribution in [0.2, 0.25) is 0 Å². The van der Waals surface area contributed by atoms with E-state index in [1.165, 1.54) is 12.1 Å². The van der Waals surface area contributed by atoms with E-state index >= 15 is 0 Å². The van der Waals surface area contributed by atoms with E-state index < -0.39 is 11.7 Å². The molecular weight excluding hydrogens is 427 g/mol. The predicted octanol–water partition coefficient (Wildman–Crippen LogP) is 5.74. The van der Waals surface area contributed by atoms with Crippen molar-refractivity contribution in [1.82, 2.24) is 15.2 Å². The molecule has 0 saturated heterocycles. The minimum absolute atomic E-state index is 0.0312. The van der Waals surface area contributed by atoms with Gasteiger partial charge in [0.2, 0.25) is 0 Å². The van der Waals surface area contributed by atoms with E-state index in [0.717, 1.165) is 34.5 Å². The van der Waals surface area contributed by atoms with Crippen molar-refractivity contribution in [2.24, 2.45) is 5.92 Å². The summed E-state index contributed by atoms with van der Waals surface area (Å²) in [5, 5.41) is 2.92. The minimum atomic E-state index is -4.34. The first-order valence-electron chi connectivity index (χ1n) is 10.9. The predicted molar refractivity (Wildman–Crippen MR) is 120 cm³/mol. The zero-order chi connectivity index (χ0) is 23.6. The van der Waals surface area contributed by atoms with Crippen LogP contribution < -0.4 is 5.32 Å². The van der Waals surface area contributed by atoms with Gasteiger partial charge in [0.25, 0.3) is 5.91 Å². The lowest BCUT2D eigenvalue weighted by atomic mass is 9.99. The van der Waals surface area contributed by atoms with Crippen molar-refractivity contribution in [2.45, 2.75) is 45.7 Å². The van der Waals surface area contributed by atoms with Gasteiger partial charge in [0.1, 0.15) is 0 Å². The fourth-order valence-electron chi connectivity index (χ4n) is 4.33. The van der Waals surface area contributed by atoms with Crippen LogP contribution >= 0.6 is 0 Å². The molecule has 4 rings (SSSR count). The van der Waals surface area contributed by atoms with Gasteiger partial charge in [-0.3, -0.25) is 14.7 Å². The molecule has 2 heterocycles. The van der Waals surface area contributed by atoms with E-state index in [-0.39, 0.29) is 17.9 Å². The topological polar surface area (TPSA) is 45.2 Å².